The molecule has 2 heteroatoms. The monoisotopic (exact) mass is 452 g/mol. The van der Waals surface area contributed by atoms with Crippen LogP contribution in [0.4, 0.5) is 0 Å². The molecular weight excluding hydrogens is 408 g/mol. The summed E-state index contributed by atoms with van der Waals surface area (Å²) in [5, 5.41) is 12.4. The average molecular weight is 454 g/mol. The molecule has 0 aromatic heterocycles. The molecule has 0 saturated heterocycles. The van der Waals surface area contributed by atoms with E-state index in [4.69, 9.17) is 0 Å². The highest BCUT2D eigenvalue weighted by Gasteiger charge is 2.62. The first-order valence-electron chi connectivity index (χ1n) is 12.6. The van der Waals surface area contributed by atoms with Crippen LogP contribution in [0.3, 0.4) is 0 Å². The van der Waals surface area contributed by atoms with Gasteiger partial charge in [-0.2, -0.15) is 0 Å². The van der Waals surface area contributed by atoms with Gasteiger partial charge in [0, 0.05) is 5.33 Å². The number of rotatable bonds is 5. The minimum Gasteiger partial charge on any atom is -0.390 e. The van der Waals surface area contributed by atoms with Crippen LogP contribution < -0.4 is 0 Å². The quantitative estimate of drug-likeness (QED) is 0.425. The third-order valence-electron chi connectivity index (χ3n) is 10.9. The summed E-state index contributed by atoms with van der Waals surface area (Å²) in [6, 6.07) is 0. The SMILES string of the molecule is CCC[C@@]1(O)CC[C@@]2(CC)[C@H](CC[C@H]3[C@@H]4CC[C@H](C(C)CBr)[C@@]4(C)CC[C@@H]32)C1. The van der Waals surface area contributed by atoms with Crippen LogP contribution in [0.15, 0.2) is 0 Å². The van der Waals surface area contributed by atoms with Gasteiger partial charge in [-0.25, -0.2) is 0 Å². The summed E-state index contributed by atoms with van der Waals surface area (Å²) in [5.74, 6) is 5.42. The highest BCUT2D eigenvalue weighted by atomic mass is 79.9. The Balaban J connectivity index is 1.58. The minimum absolute atomic E-state index is 0.349. The van der Waals surface area contributed by atoms with E-state index in [-0.39, 0.29) is 5.60 Å². The molecule has 28 heavy (non-hydrogen) atoms. The van der Waals surface area contributed by atoms with E-state index in [1.165, 1.54) is 56.7 Å². The molecule has 0 heterocycles. The number of fused-ring (bicyclic) bond motifs is 5. The predicted molar refractivity (Wildman–Crippen MR) is 123 cm³/mol. The van der Waals surface area contributed by atoms with Crippen molar-refractivity contribution >= 4 is 15.9 Å². The van der Waals surface area contributed by atoms with Crippen LogP contribution in [0.25, 0.3) is 0 Å². The fraction of sp³-hybridized carbons (Fsp3) is 1.00. The first kappa shape index (κ1) is 21.7. The van der Waals surface area contributed by atoms with Crippen LogP contribution in [0.2, 0.25) is 0 Å². The van der Waals surface area contributed by atoms with Crippen molar-refractivity contribution in [2.45, 2.75) is 110 Å². The molecule has 0 spiro atoms. The Labute approximate surface area is 183 Å². The second kappa shape index (κ2) is 7.85. The molecule has 4 saturated carbocycles. The van der Waals surface area contributed by atoms with Crippen molar-refractivity contribution < 1.29 is 5.11 Å². The Morgan fingerprint density at radius 3 is 2.46 bits per heavy atom. The van der Waals surface area contributed by atoms with Crippen LogP contribution in [-0.2, 0) is 0 Å². The van der Waals surface area contributed by atoms with Gasteiger partial charge in [0.05, 0.1) is 5.60 Å². The maximum absolute atomic E-state index is 11.2. The van der Waals surface area contributed by atoms with Crippen LogP contribution in [0.1, 0.15) is 105 Å². The van der Waals surface area contributed by atoms with Crippen molar-refractivity contribution in [3.63, 3.8) is 0 Å². The van der Waals surface area contributed by atoms with Crippen molar-refractivity contribution in [2.75, 3.05) is 5.33 Å². The highest BCUT2D eigenvalue weighted by molar-refractivity contribution is 9.09. The first-order valence-corrected chi connectivity index (χ1v) is 13.7. The molecular formula is C26H45BrO. The molecule has 4 rings (SSSR count). The summed E-state index contributed by atoms with van der Waals surface area (Å²) in [6.07, 6.45) is 15.7. The van der Waals surface area contributed by atoms with Gasteiger partial charge in [-0.1, -0.05) is 50.0 Å². The highest BCUT2D eigenvalue weighted by Crippen LogP contribution is 2.69. The molecule has 4 fully saturated rings. The number of alkyl halides is 1. The van der Waals surface area contributed by atoms with E-state index in [1.54, 1.807) is 0 Å². The largest absolute Gasteiger partial charge is 0.390 e. The molecule has 4 aliphatic carbocycles. The number of hydrogen-bond acceptors (Lipinski definition) is 1. The second-order valence-electron chi connectivity index (χ2n) is 11.8. The number of halogens is 1. The van der Waals surface area contributed by atoms with Crippen LogP contribution in [0.5, 0.6) is 0 Å². The molecule has 1 N–H and O–H groups in total. The second-order valence-corrected chi connectivity index (χ2v) is 12.4. The van der Waals surface area contributed by atoms with E-state index >= 15 is 0 Å². The minimum atomic E-state index is -0.349. The van der Waals surface area contributed by atoms with Crippen molar-refractivity contribution in [3.8, 4) is 0 Å². The fourth-order valence-electron chi connectivity index (χ4n) is 9.61. The molecule has 4 aliphatic rings. The van der Waals surface area contributed by atoms with Gasteiger partial charge >= 0.3 is 0 Å². The van der Waals surface area contributed by atoms with Gasteiger partial charge in [0.2, 0.25) is 0 Å². The van der Waals surface area contributed by atoms with Crippen molar-refractivity contribution in [3.05, 3.63) is 0 Å². The lowest BCUT2D eigenvalue weighted by Crippen LogP contribution is -2.57. The van der Waals surface area contributed by atoms with Crippen LogP contribution >= 0.6 is 15.9 Å². The third-order valence-corrected chi connectivity index (χ3v) is 11.9. The molecule has 0 amide bonds. The Morgan fingerprint density at radius 2 is 1.79 bits per heavy atom. The van der Waals surface area contributed by atoms with Crippen molar-refractivity contribution in [1.29, 1.82) is 0 Å². The Morgan fingerprint density at radius 1 is 1.00 bits per heavy atom. The van der Waals surface area contributed by atoms with Crippen molar-refractivity contribution in [2.24, 2.45) is 46.3 Å². The molecule has 1 unspecified atom stereocenters. The normalized spacial score (nSPS) is 51.9. The lowest BCUT2D eigenvalue weighted by atomic mass is 9.42. The maximum Gasteiger partial charge on any atom is 0.0650 e. The zero-order valence-electron chi connectivity index (χ0n) is 19.0. The number of aliphatic hydroxyl groups is 1. The zero-order valence-corrected chi connectivity index (χ0v) is 20.6. The first-order chi connectivity index (χ1) is 13.3. The lowest BCUT2D eigenvalue weighted by molar-refractivity contribution is -0.162. The smallest absolute Gasteiger partial charge is 0.0650 e. The van der Waals surface area contributed by atoms with Gasteiger partial charge in [0.1, 0.15) is 0 Å². The van der Waals surface area contributed by atoms with Crippen LogP contribution in [-0.4, -0.2) is 16.0 Å². The summed E-state index contributed by atoms with van der Waals surface area (Å²) in [5.41, 5.74) is 0.787. The molecule has 162 valence electrons. The average Bonchev–Trinajstić information content (AvgIpc) is 3.04. The van der Waals surface area contributed by atoms with E-state index in [1.807, 2.05) is 0 Å². The Kier molecular flexibility index (Phi) is 6.07. The standard InChI is InChI=1S/C26H45BrO/c1-5-12-25(28)14-15-26(6-2)19(16-25)7-8-20-22-10-9-21(18(3)17-27)24(22,4)13-11-23(20)26/h18-23,28H,5-17H2,1-4H3/t18?,19-,20+,21-,22+,23+,24-,25-,26+/m1/s1. The Bertz CT molecular complexity index is 563. The summed E-state index contributed by atoms with van der Waals surface area (Å²) in [4.78, 5) is 0. The third kappa shape index (κ3) is 3.17. The van der Waals surface area contributed by atoms with Gasteiger partial charge in [-0.15, -0.1) is 0 Å². The van der Waals surface area contributed by atoms with E-state index in [2.05, 4.69) is 43.6 Å². The van der Waals surface area contributed by atoms with Gasteiger partial charge < -0.3 is 5.11 Å². The molecule has 0 aliphatic heterocycles. The zero-order chi connectivity index (χ0) is 20.2. The fourth-order valence-corrected chi connectivity index (χ4v) is 10.1. The molecule has 1 nitrogen and oxygen atoms in total. The van der Waals surface area contributed by atoms with E-state index in [9.17, 15) is 5.11 Å². The number of hydrogen-bond donors (Lipinski definition) is 1. The van der Waals surface area contributed by atoms with E-state index in [0.717, 1.165) is 61.2 Å². The summed E-state index contributed by atoms with van der Waals surface area (Å²) in [7, 11) is 0. The molecule has 0 aromatic carbocycles. The lowest BCUT2D eigenvalue weighted by Gasteiger charge is -2.63. The topological polar surface area (TPSA) is 20.2 Å². The summed E-state index contributed by atoms with van der Waals surface area (Å²) in [6.45, 7) is 9.89. The molecule has 0 radical (unpaired) electrons. The van der Waals surface area contributed by atoms with Gasteiger partial charge in [0.25, 0.3) is 0 Å². The molecule has 0 aromatic rings. The van der Waals surface area contributed by atoms with Gasteiger partial charge in [-0.05, 0) is 117 Å². The van der Waals surface area contributed by atoms with Crippen LogP contribution in [0, 0.1) is 46.3 Å². The Hall–Kier alpha value is 0.440. The summed E-state index contributed by atoms with van der Waals surface area (Å²) >= 11 is 3.80. The maximum atomic E-state index is 11.2. The molecule has 0 bridgehead atoms. The van der Waals surface area contributed by atoms with E-state index < -0.39 is 0 Å². The van der Waals surface area contributed by atoms with Gasteiger partial charge in [0.15, 0.2) is 0 Å². The molecule has 9 atom stereocenters. The van der Waals surface area contributed by atoms with Crippen molar-refractivity contribution in [1.82, 2.24) is 0 Å². The predicted octanol–water partition coefficient (Wildman–Crippen LogP) is 7.60. The van der Waals surface area contributed by atoms with E-state index in [0.29, 0.717) is 10.8 Å². The summed E-state index contributed by atoms with van der Waals surface area (Å²) < 4.78 is 0. The van der Waals surface area contributed by atoms with Gasteiger partial charge in [-0.3, -0.25) is 0 Å².